The van der Waals surface area contributed by atoms with E-state index in [4.69, 9.17) is 10.5 Å². The Labute approximate surface area is 108 Å². The maximum Gasteiger partial charge on any atom is 0.257 e. The fourth-order valence-corrected chi connectivity index (χ4v) is 1.87. The van der Waals surface area contributed by atoms with Crippen LogP contribution in [0.1, 0.15) is 19.8 Å². The number of anilines is 1. The first-order valence-corrected chi connectivity index (χ1v) is 6.40. The molecule has 0 aromatic heterocycles. The summed E-state index contributed by atoms with van der Waals surface area (Å²) in [7, 11) is 0. The number of hydrogen-bond donors (Lipinski definition) is 2. The van der Waals surface area contributed by atoms with Gasteiger partial charge in [-0.3, -0.25) is 4.79 Å². The molecule has 1 unspecified atom stereocenters. The smallest absolute Gasteiger partial charge is 0.257 e. The number of amides is 1. The highest BCUT2D eigenvalue weighted by Crippen LogP contribution is 2.35. The minimum atomic E-state index is -0.0701. The van der Waals surface area contributed by atoms with Gasteiger partial charge in [0.2, 0.25) is 0 Å². The molecule has 1 amide bonds. The van der Waals surface area contributed by atoms with Gasteiger partial charge in [0.15, 0.2) is 6.61 Å². The van der Waals surface area contributed by atoms with Crippen molar-refractivity contribution in [3.05, 3.63) is 24.3 Å². The molecule has 0 heterocycles. The second-order valence-electron chi connectivity index (χ2n) is 4.98. The number of hydrogen-bond acceptors (Lipinski definition) is 3. The van der Waals surface area contributed by atoms with Gasteiger partial charge < -0.3 is 15.8 Å². The minimum Gasteiger partial charge on any atom is -0.484 e. The zero-order valence-electron chi connectivity index (χ0n) is 10.7. The van der Waals surface area contributed by atoms with E-state index in [2.05, 4.69) is 12.2 Å². The Morgan fingerprint density at radius 3 is 2.72 bits per heavy atom. The largest absolute Gasteiger partial charge is 0.484 e. The zero-order chi connectivity index (χ0) is 13.0. The molecule has 4 heteroatoms. The molecule has 1 fully saturated rings. The SMILES string of the molecule is CC(CNC(=O)COc1ccc(N)cc1)C1CC1. The molecule has 3 N–H and O–H groups in total. The van der Waals surface area contributed by atoms with Crippen molar-refractivity contribution >= 4 is 11.6 Å². The Hall–Kier alpha value is -1.71. The Kier molecular flexibility index (Phi) is 4.07. The number of nitrogens with one attached hydrogen (secondary N) is 1. The molecule has 0 saturated heterocycles. The van der Waals surface area contributed by atoms with Crippen molar-refractivity contribution in [1.29, 1.82) is 0 Å². The van der Waals surface area contributed by atoms with Gasteiger partial charge in [0.05, 0.1) is 0 Å². The van der Waals surface area contributed by atoms with Gasteiger partial charge >= 0.3 is 0 Å². The molecule has 0 radical (unpaired) electrons. The Morgan fingerprint density at radius 1 is 1.44 bits per heavy atom. The number of benzene rings is 1. The van der Waals surface area contributed by atoms with E-state index < -0.39 is 0 Å². The topological polar surface area (TPSA) is 64.3 Å². The van der Waals surface area contributed by atoms with Crippen LogP contribution in [0.15, 0.2) is 24.3 Å². The van der Waals surface area contributed by atoms with E-state index in [0.717, 1.165) is 12.5 Å². The van der Waals surface area contributed by atoms with Crippen molar-refractivity contribution in [2.45, 2.75) is 19.8 Å². The molecule has 0 bridgehead atoms. The number of ether oxygens (including phenoxy) is 1. The molecule has 1 saturated carbocycles. The highest BCUT2D eigenvalue weighted by molar-refractivity contribution is 5.77. The number of carbonyl (C=O) groups excluding carboxylic acids is 1. The molecular formula is C14H20N2O2. The summed E-state index contributed by atoms with van der Waals surface area (Å²) in [5, 5.41) is 2.90. The first-order chi connectivity index (χ1) is 8.65. The van der Waals surface area contributed by atoms with Gasteiger partial charge in [-0.25, -0.2) is 0 Å². The summed E-state index contributed by atoms with van der Waals surface area (Å²) in [5.74, 6) is 1.97. The van der Waals surface area contributed by atoms with Gasteiger partial charge in [0, 0.05) is 12.2 Å². The average Bonchev–Trinajstić information content (AvgIpc) is 3.19. The van der Waals surface area contributed by atoms with Gasteiger partial charge in [-0.15, -0.1) is 0 Å². The fourth-order valence-electron chi connectivity index (χ4n) is 1.87. The lowest BCUT2D eigenvalue weighted by molar-refractivity contribution is -0.123. The van der Waals surface area contributed by atoms with Crippen LogP contribution in [0.4, 0.5) is 5.69 Å². The highest BCUT2D eigenvalue weighted by Gasteiger charge is 2.27. The number of rotatable bonds is 6. The molecule has 1 aromatic carbocycles. The number of nitrogens with two attached hydrogens (primary N) is 1. The standard InChI is InChI=1S/C14H20N2O2/c1-10(11-2-3-11)8-16-14(17)9-18-13-6-4-12(15)5-7-13/h4-7,10-11H,2-3,8-9,15H2,1H3,(H,16,17). The summed E-state index contributed by atoms with van der Waals surface area (Å²) in [6.07, 6.45) is 2.61. The van der Waals surface area contributed by atoms with Crippen molar-refractivity contribution in [3.63, 3.8) is 0 Å². The minimum absolute atomic E-state index is 0.0568. The number of nitrogen functional groups attached to an aromatic ring is 1. The molecular weight excluding hydrogens is 228 g/mol. The van der Waals surface area contributed by atoms with Crippen molar-refractivity contribution in [3.8, 4) is 5.75 Å². The molecule has 1 atom stereocenters. The van der Waals surface area contributed by atoms with Crippen LogP contribution in [-0.2, 0) is 4.79 Å². The van der Waals surface area contributed by atoms with E-state index in [1.807, 2.05) is 0 Å². The van der Waals surface area contributed by atoms with Gasteiger partial charge in [-0.05, 0) is 48.9 Å². The second kappa shape index (κ2) is 5.76. The van der Waals surface area contributed by atoms with Crippen LogP contribution in [0, 0.1) is 11.8 Å². The Morgan fingerprint density at radius 2 is 2.11 bits per heavy atom. The lowest BCUT2D eigenvalue weighted by atomic mass is 10.1. The first kappa shape index (κ1) is 12.7. The third-order valence-electron chi connectivity index (χ3n) is 3.30. The van der Waals surface area contributed by atoms with Crippen molar-refractivity contribution in [1.82, 2.24) is 5.32 Å². The third-order valence-corrected chi connectivity index (χ3v) is 3.30. The summed E-state index contributed by atoms with van der Waals surface area (Å²) in [6, 6.07) is 7.02. The Balaban J connectivity index is 1.66. The van der Waals surface area contributed by atoms with Crippen LogP contribution >= 0.6 is 0 Å². The van der Waals surface area contributed by atoms with Crippen LogP contribution in [0.5, 0.6) is 5.75 Å². The van der Waals surface area contributed by atoms with E-state index in [1.165, 1.54) is 12.8 Å². The quantitative estimate of drug-likeness (QED) is 0.755. The van der Waals surface area contributed by atoms with Crippen LogP contribution in [0.25, 0.3) is 0 Å². The van der Waals surface area contributed by atoms with Gasteiger partial charge in [0.25, 0.3) is 5.91 Å². The molecule has 18 heavy (non-hydrogen) atoms. The third kappa shape index (κ3) is 3.95. The van der Waals surface area contributed by atoms with E-state index in [-0.39, 0.29) is 12.5 Å². The van der Waals surface area contributed by atoms with Crippen LogP contribution in [0.3, 0.4) is 0 Å². The van der Waals surface area contributed by atoms with Crippen LogP contribution < -0.4 is 15.8 Å². The van der Waals surface area contributed by atoms with E-state index >= 15 is 0 Å². The van der Waals surface area contributed by atoms with E-state index in [0.29, 0.717) is 17.4 Å². The zero-order valence-corrected chi connectivity index (χ0v) is 10.7. The van der Waals surface area contributed by atoms with Crippen molar-refractivity contribution in [2.24, 2.45) is 11.8 Å². The lowest BCUT2D eigenvalue weighted by Gasteiger charge is -2.12. The summed E-state index contributed by atoms with van der Waals surface area (Å²) < 4.78 is 5.36. The molecule has 0 spiro atoms. The summed E-state index contributed by atoms with van der Waals surface area (Å²) in [6.45, 7) is 2.98. The normalized spacial score (nSPS) is 16.1. The average molecular weight is 248 g/mol. The number of carbonyl (C=O) groups is 1. The van der Waals surface area contributed by atoms with Crippen molar-refractivity contribution in [2.75, 3.05) is 18.9 Å². The van der Waals surface area contributed by atoms with Gasteiger partial charge in [-0.2, -0.15) is 0 Å². The van der Waals surface area contributed by atoms with Gasteiger partial charge in [-0.1, -0.05) is 6.92 Å². The first-order valence-electron chi connectivity index (χ1n) is 6.40. The molecule has 1 aliphatic carbocycles. The Bertz CT molecular complexity index is 399. The predicted molar refractivity (Wildman–Crippen MR) is 71.2 cm³/mol. The van der Waals surface area contributed by atoms with Gasteiger partial charge in [0.1, 0.15) is 5.75 Å². The maximum atomic E-state index is 11.6. The monoisotopic (exact) mass is 248 g/mol. The van der Waals surface area contributed by atoms with E-state index in [9.17, 15) is 4.79 Å². The van der Waals surface area contributed by atoms with Crippen LogP contribution in [0.2, 0.25) is 0 Å². The molecule has 0 aliphatic heterocycles. The van der Waals surface area contributed by atoms with E-state index in [1.54, 1.807) is 24.3 Å². The molecule has 1 aromatic rings. The lowest BCUT2D eigenvalue weighted by Crippen LogP contribution is -2.32. The molecule has 1 aliphatic rings. The summed E-state index contributed by atoms with van der Waals surface area (Å²) in [4.78, 5) is 11.6. The second-order valence-corrected chi connectivity index (χ2v) is 4.98. The summed E-state index contributed by atoms with van der Waals surface area (Å²) >= 11 is 0. The highest BCUT2D eigenvalue weighted by atomic mass is 16.5. The molecule has 4 nitrogen and oxygen atoms in total. The predicted octanol–water partition coefficient (Wildman–Crippen LogP) is 1.81. The van der Waals surface area contributed by atoms with Crippen molar-refractivity contribution < 1.29 is 9.53 Å². The summed E-state index contributed by atoms with van der Waals surface area (Å²) in [5.41, 5.74) is 6.25. The molecule has 2 rings (SSSR count). The fraction of sp³-hybridized carbons (Fsp3) is 0.500. The molecule has 98 valence electrons. The van der Waals surface area contributed by atoms with Crippen LogP contribution in [-0.4, -0.2) is 19.1 Å². The maximum absolute atomic E-state index is 11.6.